The summed E-state index contributed by atoms with van der Waals surface area (Å²) in [6, 6.07) is 17.2. The van der Waals surface area contributed by atoms with Gasteiger partial charge >= 0.3 is 13.7 Å². The third-order valence-corrected chi connectivity index (χ3v) is 12.4. The zero-order valence-corrected chi connectivity index (χ0v) is 24.3. The second-order valence-electron chi connectivity index (χ2n) is 11.5. The van der Waals surface area contributed by atoms with Gasteiger partial charge in [0.05, 0.1) is 23.3 Å². The van der Waals surface area contributed by atoms with Crippen molar-refractivity contribution in [3.63, 3.8) is 0 Å². The van der Waals surface area contributed by atoms with Crippen molar-refractivity contribution in [1.29, 1.82) is 0 Å². The molecule has 0 spiro atoms. The molecule has 4 unspecified atom stereocenters. The number of halogens is 1. The first-order chi connectivity index (χ1) is 20.7. The zero-order chi connectivity index (χ0) is 27.5. The Labute approximate surface area is 250 Å². The van der Waals surface area contributed by atoms with Gasteiger partial charge in [-0.3, -0.25) is 0 Å². The third-order valence-electron chi connectivity index (χ3n) is 9.36. The van der Waals surface area contributed by atoms with Crippen molar-refractivity contribution in [1.82, 2.24) is 17.7 Å². The first-order valence-corrected chi connectivity index (χ1v) is 17.2. The van der Waals surface area contributed by atoms with Crippen molar-refractivity contribution >= 4 is 68.5 Å². The Morgan fingerprint density at radius 2 is 0.976 bits per heavy atom. The van der Waals surface area contributed by atoms with Gasteiger partial charge in [-0.1, -0.05) is 97.1 Å². The molecule has 2 aliphatic carbocycles. The summed E-state index contributed by atoms with van der Waals surface area (Å²) in [5, 5.41) is 27.7. The predicted molar refractivity (Wildman–Crippen MR) is 172 cm³/mol. The summed E-state index contributed by atoms with van der Waals surface area (Å²) in [6.07, 6.45) is 17.4. The maximum Gasteiger partial charge on any atom is 0.722 e. The van der Waals surface area contributed by atoms with Crippen molar-refractivity contribution in [2.24, 2.45) is 11.8 Å². The summed E-state index contributed by atoms with van der Waals surface area (Å²) >= 11 is -2.51. The SMILES string of the molecule is [Cl][Al]1[n]2c3c4ccccc4c2NC2=C4C=CC=CC4C(N2)Nc2c4ccccc4c([n]21)NC1NC(=C2C=CC=CC21)N3. The minimum atomic E-state index is -2.51. The molecular weight excluding hydrogens is 559 g/mol. The van der Waals surface area contributed by atoms with Crippen molar-refractivity contribution in [2.75, 3.05) is 21.3 Å². The number of fused-ring (bicyclic) bond motifs is 14. The maximum absolute atomic E-state index is 7.89. The number of aromatic nitrogens is 2. The Morgan fingerprint density at radius 3 is 1.45 bits per heavy atom. The summed E-state index contributed by atoms with van der Waals surface area (Å²) in [5.41, 5.74) is 2.46. The molecule has 0 fully saturated rings. The second-order valence-corrected chi connectivity index (χ2v) is 14.3. The number of hydrogen-bond donors (Lipinski definition) is 6. The van der Waals surface area contributed by atoms with Crippen LogP contribution in [-0.2, 0) is 0 Å². The summed E-state index contributed by atoms with van der Waals surface area (Å²) in [7, 11) is 7.89. The van der Waals surface area contributed by atoms with E-state index in [4.69, 9.17) is 10.0 Å². The van der Waals surface area contributed by atoms with Gasteiger partial charge in [-0.05, 0) is 0 Å². The molecule has 6 heterocycles. The first-order valence-electron chi connectivity index (χ1n) is 14.4. The number of nitrogens with zero attached hydrogens (tertiary/aromatic N) is 2. The molecule has 0 radical (unpaired) electrons. The Balaban J connectivity index is 1.35. The predicted octanol–water partition coefficient (Wildman–Crippen LogP) is 5.66. The molecule has 4 atom stereocenters. The fourth-order valence-electron chi connectivity index (χ4n) is 7.48. The van der Waals surface area contributed by atoms with Crippen LogP contribution in [0.2, 0.25) is 0 Å². The standard InChI is InChI=1S/C32H26N8.Al.ClH/c1-2-10-18-17(9-1)25-33-26(18)38-28-21-13-5-6-14-22(21)30(35-28)40-32-24-16-8-7-15-23(24)31(36-32)39-29-20-12-4-3-11-19(20)27(34-29)37-25;;/h1-17,23,25,31,33,36-40H;;1H/q-2;+3;/p-1. The van der Waals surface area contributed by atoms with E-state index in [9.17, 15) is 0 Å². The van der Waals surface area contributed by atoms with Gasteiger partial charge in [-0.2, -0.15) is 10.0 Å². The van der Waals surface area contributed by atoms with Gasteiger partial charge in [0.1, 0.15) is 24.0 Å². The van der Waals surface area contributed by atoms with E-state index in [1.165, 1.54) is 11.1 Å². The van der Waals surface area contributed by atoms with Crippen LogP contribution in [0.25, 0.3) is 21.5 Å². The Morgan fingerprint density at radius 1 is 0.548 bits per heavy atom. The molecule has 0 saturated carbocycles. The second kappa shape index (κ2) is 8.33. The van der Waals surface area contributed by atoms with Crippen LogP contribution >= 0.6 is 10.0 Å². The normalized spacial score (nSPS) is 25.8. The van der Waals surface area contributed by atoms with Crippen LogP contribution in [-0.4, -0.2) is 33.1 Å². The highest BCUT2D eigenvalue weighted by atomic mass is 35.6. The molecule has 2 aromatic heterocycles. The number of nitrogens with one attached hydrogen (secondary N) is 6. The first kappa shape index (κ1) is 23.2. The summed E-state index contributed by atoms with van der Waals surface area (Å²) in [4.78, 5) is 0. The van der Waals surface area contributed by atoms with Crippen molar-refractivity contribution in [2.45, 2.75) is 12.3 Å². The van der Waals surface area contributed by atoms with Gasteiger partial charge in [0.25, 0.3) is 0 Å². The van der Waals surface area contributed by atoms with Crippen LogP contribution in [0.3, 0.4) is 0 Å². The van der Waals surface area contributed by atoms with Crippen molar-refractivity contribution < 1.29 is 0 Å². The largest absolute Gasteiger partial charge is 0.722 e. The van der Waals surface area contributed by atoms with Crippen LogP contribution in [0, 0.1) is 11.8 Å². The molecule has 204 valence electrons. The van der Waals surface area contributed by atoms with Gasteiger partial charge in [0.2, 0.25) is 0 Å². The molecule has 10 rings (SSSR count). The highest BCUT2D eigenvalue weighted by Gasteiger charge is 2.44. The lowest BCUT2D eigenvalue weighted by atomic mass is 9.94. The Hall–Kier alpha value is -4.42. The lowest BCUT2D eigenvalue weighted by Gasteiger charge is -2.30. The Bertz CT molecular complexity index is 1920. The molecule has 4 aromatic rings. The van der Waals surface area contributed by atoms with Gasteiger partial charge < -0.3 is 39.0 Å². The molecule has 6 aliphatic rings. The third kappa shape index (κ3) is 2.98. The average Bonchev–Trinajstić information content (AvgIpc) is 3.74. The molecule has 4 aliphatic heterocycles. The van der Waals surface area contributed by atoms with E-state index in [2.05, 4.69) is 136 Å². The number of allylic oxidation sites excluding steroid dienone is 6. The summed E-state index contributed by atoms with van der Waals surface area (Å²) in [5.74, 6) is 6.38. The maximum atomic E-state index is 7.89. The average molecular weight is 585 g/mol. The number of benzene rings is 2. The van der Waals surface area contributed by atoms with E-state index in [1.54, 1.807) is 0 Å². The monoisotopic (exact) mass is 584 g/mol. The van der Waals surface area contributed by atoms with Crippen molar-refractivity contribution in [3.8, 4) is 0 Å². The summed E-state index contributed by atoms with van der Waals surface area (Å²) < 4.78 is 4.69. The van der Waals surface area contributed by atoms with Crippen LogP contribution in [0.4, 0.5) is 23.3 Å². The molecule has 0 amide bonds. The molecule has 10 heteroatoms. The topological polar surface area (TPSA) is 82.0 Å². The Kier molecular flexibility index (Phi) is 4.60. The quantitative estimate of drug-likeness (QED) is 0.150. The van der Waals surface area contributed by atoms with Gasteiger partial charge in [-0.15, -0.1) is 0 Å². The molecule has 42 heavy (non-hydrogen) atoms. The molecule has 6 bridgehead atoms. The lowest BCUT2D eigenvalue weighted by molar-refractivity contribution is 0.586. The van der Waals surface area contributed by atoms with Crippen LogP contribution in [0.5, 0.6) is 0 Å². The van der Waals surface area contributed by atoms with Crippen LogP contribution in [0.1, 0.15) is 0 Å². The highest BCUT2D eigenvalue weighted by molar-refractivity contribution is 7.06. The van der Waals surface area contributed by atoms with E-state index in [1.807, 2.05) is 0 Å². The molecule has 2 aromatic carbocycles. The highest BCUT2D eigenvalue weighted by Crippen LogP contribution is 2.46. The molecule has 6 N–H and O–H groups in total. The van der Waals surface area contributed by atoms with Gasteiger partial charge in [0.15, 0.2) is 0 Å². The fourth-order valence-corrected chi connectivity index (χ4v) is 10.6. The summed E-state index contributed by atoms with van der Waals surface area (Å²) in [6.45, 7) is 0. The van der Waals surface area contributed by atoms with E-state index >= 15 is 0 Å². The van der Waals surface area contributed by atoms with E-state index in [0.29, 0.717) is 0 Å². The van der Waals surface area contributed by atoms with E-state index in [0.717, 1.165) is 56.5 Å². The number of anilines is 4. The lowest BCUT2D eigenvalue weighted by Crippen LogP contribution is -2.43. The van der Waals surface area contributed by atoms with Gasteiger partial charge in [0, 0.05) is 44.5 Å². The van der Waals surface area contributed by atoms with Crippen LogP contribution in [0.15, 0.2) is 120 Å². The minimum Gasteiger partial charge on any atom is -0.374 e. The fraction of sp³-hybridized carbons (Fsp3) is 0.125. The van der Waals surface area contributed by atoms with E-state index < -0.39 is 13.7 Å². The van der Waals surface area contributed by atoms with Crippen molar-refractivity contribution in [3.05, 3.63) is 120 Å². The molecule has 0 saturated heterocycles. The molecular formula is C32H26AlClN8. The van der Waals surface area contributed by atoms with E-state index in [-0.39, 0.29) is 24.2 Å². The molecule has 8 nitrogen and oxygen atoms in total. The number of hydrogen-bond acceptors (Lipinski definition) is 6. The number of rotatable bonds is 0. The van der Waals surface area contributed by atoms with Crippen LogP contribution < -0.4 is 31.9 Å². The van der Waals surface area contributed by atoms with Gasteiger partial charge in [-0.25, -0.2) is 0 Å². The zero-order valence-electron chi connectivity index (χ0n) is 22.4. The smallest absolute Gasteiger partial charge is 0.374 e. The minimum absolute atomic E-state index is 0.0411.